The van der Waals surface area contributed by atoms with Crippen LogP contribution in [0.25, 0.3) is 0 Å². The number of carbonyl (C=O) groups is 4. The minimum Gasteiger partial charge on any atom is -0.462 e. The first-order valence-electron chi connectivity index (χ1n) is 41.5. The maximum Gasteiger partial charge on any atom is 0.472 e. The number of ether oxygens (including phenoxy) is 4. The molecule has 0 saturated carbocycles. The molecule has 0 saturated heterocycles. The molecule has 5 atom stereocenters. The molecular weight excluding hydrogens is 1290 g/mol. The molecule has 0 amide bonds. The number of unbranched alkanes of at least 4 members (excludes halogenated alkanes) is 49. The number of phosphoric ester groups is 2. The molecule has 0 aliphatic carbocycles. The van der Waals surface area contributed by atoms with Gasteiger partial charge in [-0.15, -0.1) is 0 Å². The van der Waals surface area contributed by atoms with E-state index in [0.29, 0.717) is 31.6 Å². The van der Waals surface area contributed by atoms with Gasteiger partial charge < -0.3 is 33.8 Å². The van der Waals surface area contributed by atoms with Crippen molar-refractivity contribution in [3.8, 4) is 0 Å². The second kappa shape index (κ2) is 71.7. The third kappa shape index (κ3) is 74.1. The number of carbonyl (C=O) groups excluding carboxylic acids is 4. The highest BCUT2D eigenvalue weighted by Crippen LogP contribution is 2.45. The number of aliphatic hydroxyl groups is 1. The van der Waals surface area contributed by atoms with Gasteiger partial charge in [0.15, 0.2) is 12.2 Å². The molecular formula is C80H156O17P2. The van der Waals surface area contributed by atoms with Crippen LogP contribution >= 0.6 is 15.6 Å². The molecule has 0 spiro atoms. The van der Waals surface area contributed by atoms with Crippen LogP contribution in [-0.2, 0) is 65.4 Å². The van der Waals surface area contributed by atoms with E-state index < -0.39 is 97.5 Å². The number of phosphoric acid groups is 2. The van der Waals surface area contributed by atoms with Gasteiger partial charge in [-0.1, -0.05) is 369 Å². The van der Waals surface area contributed by atoms with Crippen molar-refractivity contribution in [1.29, 1.82) is 0 Å². The zero-order valence-corrected chi connectivity index (χ0v) is 66.6. The van der Waals surface area contributed by atoms with E-state index in [4.69, 9.17) is 37.0 Å². The summed E-state index contributed by atoms with van der Waals surface area (Å²) in [5.41, 5.74) is 0. The molecule has 0 aromatic heterocycles. The number of esters is 4. The molecule has 0 rings (SSSR count). The first-order valence-corrected chi connectivity index (χ1v) is 44.5. The molecule has 99 heavy (non-hydrogen) atoms. The topological polar surface area (TPSA) is 237 Å². The van der Waals surface area contributed by atoms with Gasteiger partial charge in [-0.2, -0.15) is 0 Å². The highest BCUT2D eigenvalue weighted by atomic mass is 31.2. The summed E-state index contributed by atoms with van der Waals surface area (Å²) in [6.07, 6.45) is 61.1. The van der Waals surface area contributed by atoms with E-state index in [-0.39, 0.29) is 25.7 Å². The van der Waals surface area contributed by atoms with Crippen LogP contribution in [0, 0.1) is 11.8 Å². The van der Waals surface area contributed by atoms with Crippen molar-refractivity contribution in [2.75, 3.05) is 39.6 Å². The van der Waals surface area contributed by atoms with Gasteiger partial charge in [-0.25, -0.2) is 9.13 Å². The molecule has 0 aliphatic heterocycles. The van der Waals surface area contributed by atoms with E-state index in [9.17, 15) is 43.2 Å². The van der Waals surface area contributed by atoms with Crippen molar-refractivity contribution >= 4 is 39.5 Å². The van der Waals surface area contributed by atoms with Gasteiger partial charge in [-0.05, 0) is 37.5 Å². The molecule has 0 fully saturated rings. The Morgan fingerprint density at radius 2 is 0.465 bits per heavy atom. The third-order valence-corrected chi connectivity index (χ3v) is 20.6. The monoisotopic (exact) mass is 1450 g/mol. The van der Waals surface area contributed by atoms with E-state index in [1.54, 1.807) is 0 Å². The van der Waals surface area contributed by atoms with Gasteiger partial charge in [-0.3, -0.25) is 37.3 Å². The van der Waals surface area contributed by atoms with Gasteiger partial charge >= 0.3 is 39.5 Å². The average Bonchev–Trinajstić information content (AvgIpc) is 0.958. The molecule has 0 bridgehead atoms. The van der Waals surface area contributed by atoms with Crippen molar-refractivity contribution in [1.82, 2.24) is 0 Å². The van der Waals surface area contributed by atoms with E-state index in [1.807, 2.05) is 0 Å². The Morgan fingerprint density at radius 1 is 0.273 bits per heavy atom. The van der Waals surface area contributed by atoms with Crippen molar-refractivity contribution < 1.29 is 80.2 Å². The third-order valence-electron chi connectivity index (χ3n) is 18.7. The normalized spacial score (nSPS) is 13.9. The summed E-state index contributed by atoms with van der Waals surface area (Å²) >= 11 is 0. The molecule has 0 aliphatic rings. The van der Waals surface area contributed by atoms with E-state index in [1.165, 1.54) is 231 Å². The maximum absolute atomic E-state index is 13.1. The molecule has 3 N–H and O–H groups in total. The summed E-state index contributed by atoms with van der Waals surface area (Å²) in [6, 6.07) is 0. The first kappa shape index (κ1) is 97.1. The lowest BCUT2D eigenvalue weighted by Gasteiger charge is -2.21. The minimum atomic E-state index is -4.96. The number of rotatable bonds is 79. The van der Waals surface area contributed by atoms with Gasteiger partial charge in [0.05, 0.1) is 26.4 Å². The van der Waals surface area contributed by atoms with Crippen LogP contribution < -0.4 is 0 Å². The van der Waals surface area contributed by atoms with Crippen LogP contribution in [0.3, 0.4) is 0 Å². The lowest BCUT2D eigenvalue weighted by atomic mass is 10.0. The summed E-state index contributed by atoms with van der Waals surface area (Å²) in [5.74, 6) is -0.623. The Kier molecular flexibility index (Phi) is 70.3. The van der Waals surface area contributed by atoms with Crippen LogP contribution in [0.4, 0.5) is 0 Å². The highest BCUT2D eigenvalue weighted by Gasteiger charge is 2.30. The SMILES string of the molecule is CCCCCCCCCCCCCCCCCCCCCC(=O)O[C@H](COC(=O)CCCCCCCCCCCCCCC(C)C)COP(=O)(O)OC[C@@H](O)COP(=O)(O)OC[C@@H](COC(=O)CCCCCCCCCC(C)C)OC(=O)CCCCCCCCCCCCCCCCC. The second-order valence-corrected chi connectivity index (χ2v) is 32.7. The predicted molar refractivity (Wildman–Crippen MR) is 405 cm³/mol. The predicted octanol–water partition coefficient (Wildman–Crippen LogP) is 23.9. The van der Waals surface area contributed by atoms with Crippen LogP contribution in [-0.4, -0.2) is 96.7 Å². The van der Waals surface area contributed by atoms with E-state index in [2.05, 4.69) is 41.5 Å². The van der Waals surface area contributed by atoms with E-state index >= 15 is 0 Å². The smallest absolute Gasteiger partial charge is 0.462 e. The van der Waals surface area contributed by atoms with E-state index in [0.717, 1.165) is 102 Å². The van der Waals surface area contributed by atoms with Gasteiger partial charge in [0, 0.05) is 25.7 Å². The molecule has 17 nitrogen and oxygen atoms in total. The van der Waals surface area contributed by atoms with Crippen molar-refractivity contribution in [2.45, 2.75) is 439 Å². The Morgan fingerprint density at radius 3 is 0.687 bits per heavy atom. The lowest BCUT2D eigenvalue weighted by molar-refractivity contribution is -0.161. The largest absolute Gasteiger partial charge is 0.472 e. The fourth-order valence-corrected chi connectivity index (χ4v) is 13.9. The molecule has 19 heteroatoms. The van der Waals surface area contributed by atoms with Gasteiger partial charge in [0.1, 0.15) is 19.3 Å². The Labute approximate surface area is 607 Å². The zero-order valence-electron chi connectivity index (χ0n) is 64.8. The van der Waals surface area contributed by atoms with Gasteiger partial charge in [0.25, 0.3) is 0 Å². The average molecular weight is 1450 g/mol. The standard InChI is InChI=1S/C80H156O17P2/c1-7-9-11-13-15-17-19-21-23-24-25-26-28-30-36-40-46-53-59-65-79(84)96-75(68-90-77(82)62-56-50-44-38-34-32-31-33-37-42-48-54-60-72(3)4)70-94-98(86,87)92-66-74(81)67-93-99(88,89)95-71-76(69-91-78(83)63-57-51-47-41-43-49-55-61-73(5)6)97-80(85)64-58-52-45-39-35-29-27-22-20-18-16-14-12-10-8-2/h72-76,81H,7-71H2,1-6H3,(H,86,87)(H,88,89)/t74-,75-,76-/m1/s1. The van der Waals surface area contributed by atoms with Crippen LogP contribution in [0.1, 0.15) is 420 Å². The molecule has 0 radical (unpaired) electrons. The number of hydrogen-bond acceptors (Lipinski definition) is 15. The van der Waals surface area contributed by atoms with Crippen LogP contribution in [0.5, 0.6) is 0 Å². The number of hydrogen-bond donors (Lipinski definition) is 3. The minimum absolute atomic E-state index is 0.107. The maximum atomic E-state index is 13.1. The van der Waals surface area contributed by atoms with Crippen molar-refractivity contribution in [2.24, 2.45) is 11.8 Å². The fraction of sp³-hybridized carbons (Fsp3) is 0.950. The summed E-state index contributed by atoms with van der Waals surface area (Å²) in [4.78, 5) is 73.0. The fourth-order valence-electron chi connectivity index (χ4n) is 12.4. The Hall–Kier alpha value is -1.94. The van der Waals surface area contributed by atoms with Crippen molar-refractivity contribution in [3.05, 3.63) is 0 Å². The molecule has 0 aromatic rings. The first-order chi connectivity index (χ1) is 47.9. The Bertz CT molecular complexity index is 1910. The summed E-state index contributed by atoms with van der Waals surface area (Å²) in [5, 5.41) is 10.6. The van der Waals surface area contributed by atoms with Crippen LogP contribution in [0.15, 0.2) is 0 Å². The zero-order chi connectivity index (χ0) is 72.8. The summed E-state index contributed by atoms with van der Waals surface area (Å²) in [7, 11) is -9.92. The number of aliphatic hydroxyl groups excluding tert-OH is 1. The molecule has 588 valence electrons. The van der Waals surface area contributed by atoms with Crippen LogP contribution in [0.2, 0.25) is 0 Å². The summed E-state index contributed by atoms with van der Waals surface area (Å²) in [6.45, 7) is 9.59. The lowest BCUT2D eigenvalue weighted by Crippen LogP contribution is -2.30. The quantitative estimate of drug-likeness (QED) is 0.0222. The Balaban J connectivity index is 5.24. The molecule has 2 unspecified atom stereocenters. The molecule has 0 heterocycles. The summed E-state index contributed by atoms with van der Waals surface area (Å²) < 4.78 is 68.7. The van der Waals surface area contributed by atoms with Gasteiger partial charge in [0.2, 0.25) is 0 Å². The molecule has 0 aromatic carbocycles. The highest BCUT2D eigenvalue weighted by molar-refractivity contribution is 7.47. The van der Waals surface area contributed by atoms with Crippen molar-refractivity contribution in [3.63, 3.8) is 0 Å². The second-order valence-electron chi connectivity index (χ2n) is 29.8.